The minimum atomic E-state index is -4.64. The molecule has 0 saturated heterocycles. The molecule has 2 nitrogen and oxygen atoms in total. The van der Waals surface area contributed by atoms with Crippen LogP contribution in [-0.4, -0.2) is 30.1 Å². The fourth-order valence-corrected chi connectivity index (χ4v) is 1.41. The van der Waals surface area contributed by atoms with Gasteiger partial charge in [0.15, 0.2) is 17.5 Å². The smallest absolute Gasteiger partial charge is 0.330 e. The molecule has 0 fully saturated rings. The molecule has 0 unspecified atom stereocenters. The number of hydrogen-bond donors (Lipinski definition) is 0. The number of alkyl halides is 3. The first kappa shape index (κ1) is 15.3. The summed E-state index contributed by atoms with van der Waals surface area (Å²) in [6.07, 6.45) is -4.64. The zero-order chi connectivity index (χ0) is 14.8. The van der Waals surface area contributed by atoms with Crippen molar-refractivity contribution in [1.82, 2.24) is 4.90 Å². The molecule has 1 rings (SSSR count). The first-order valence-corrected chi connectivity index (χ1v) is 5.16. The number of hydrogen-bond acceptors (Lipinski definition) is 1. The molecule has 1 aromatic carbocycles. The standard InChI is InChI=1S/C11H9F6NO/c1-2-18(5-11(15,16)17)10(19)6-3-7(12)9(14)8(13)4-6/h3-4H,2,5H2,1H3. The van der Waals surface area contributed by atoms with E-state index in [1.807, 2.05) is 0 Å². The Hall–Kier alpha value is -1.73. The maximum absolute atomic E-state index is 12.9. The Balaban J connectivity index is 3.05. The Kier molecular flexibility index (Phi) is 4.43. The molecule has 0 aromatic heterocycles. The second-order valence-corrected chi connectivity index (χ2v) is 3.69. The van der Waals surface area contributed by atoms with Crippen molar-refractivity contribution in [2.75, 3.05) is 13.1 Å². The molecule has 106 valence electrons. The number of amides is 1. The average molecular weight is 285 g/mol. The number of nitrogens with zero attached hydrogens (tertiary/aromatic N) is 1. The van der Waals surface area contributed by atoms with Crippen molar-refractivity contribution in [2.24, 2.45) is 0 Å². The summed E-state index contributed by atoms with van der Waals surface area (Å²) in [5.41, 5.74) is -0.678. The molecule has 0 bridgehead atoms. The van der Waals surface area contributed by atoms with Crippen molar-refractivity contribution < 1.29 is 31.1 Å². The summed E-state index contributed by atoms with van der Waals surface area (Å²) in [6.45, 7) is -0.582. The molecule has 0 saturated carbocycles. The highest BCUT2D eigenvalue weighted by Crippen LogP contribution is 2.19. The second-order valence-electron chi connectivity index (χ2n) is 3.69. The summed E-state index contributed by atoms with van der Waals surface area (Å²) in [6, 6.07) is 0.722. The van der Waals surface area contributed by atoms with Gasteiger partial charge in [-0.3, -0.25) is 4.79 Å². The lowest BCUT2D eigenvalue weighted by Crippen LogP contribution is -2.38. The van der Waals surface area contributed by atoms with Gasteiger partial charge in [-0.1, -0.05) is 0 Å². The van der Waals surface area contributed by atoms with E-state index in [2.05, 4.69) is 0 Å². The predicted molar refractivity (Wildman–Crippen MR) is 53.9 cm³/mol. The molecule has 0 aliphatic carbocycles. The molecule has 0 spiro atoms. The van der Waals surface area contributed by atoms with Gasteiger partial charge in [0.2, 0.25) is 0 Å². The summed E-state index contributed by atoms with van der Waals surface area (Å²) in [5.74, 6) is -6.27. The number of carbonyl (C=O) groups is 1. The van der Waals surface area contributed by atoms with Crippen LogP contribution in [0.1, 0.15) is 17.3 Å². The van der Waals surface area contributed by atoms with Gasteiger partial charge in [0.05, 0.1) is 0 Å². The molecule has 0 radical (unpaired) electrons. The zero-order valence-corrected chi connectivity index (χ0v) is 9.69. The van der Waals surface area contributed by atoms with Gasteiger partial charge in [-0.25, -0.2) is 13.2 Å². The quantitative estimate of drug-likeness (QED) is 0.617. The minimum absolute atomic E-state index is 0.307. The number of benzene rings is 1. The van der Waals surface area contributed by atoms with E-state index >= 15 is 0 Å². The van der Waals surface area contributed by atoms with E-state index in [1.54, 1.807) is 0 Å². The van der Waals surface area contributed by atoms with Gasteiger partial charge >= 0.3 is 6.18 Å². The highest BCUT2D eigenvalue weighted by Gasteiger charge is 2.33. The largest absolute Gasteiger partial charge is 0.406 e. The van der Waals surface area contributed by atoms with Crippen LogP contribution in [0.25, 0.3) is 0 Å². The van der Waals surface area contributed by atoms with Crippen LogP contribution in [-0.2, 0) is 0 Å². The van der Waals surface area contributed by atoms with E-state index in [4.69, 9.17) is 0 Å². The van der Waals surface area contributed by atoms with Gasteiger partial charge in [-0.05, 0) is 19.1 Å². The normalized spacial score (nSPS) is 11.5. The lowest BCUT2D eigenvalue weighted by molar-refractivity contribution is -0.140. The van der Waals surface area contributed by atoms with E-state index in [1.165, 1.54) is 6.92 Å². The summed E-state index contributed by atoms with van der Waals surface area (Å²) in [4.78, 5) is 12.0. The van der Waals surface area contributed by atoms with Crippen LogP contribution in [0.5, 0.6) is 0 Å². The molecule has 8 heteroatoms. The first-order chi connectivity index (χ1) is 8.65. The van der Waals surface area contributed by atoms with Crippen molar-refractivity contribution >= 4 is 5.91 Å². The lowest BCUT2D eigenvalue weighted by Gasteiger charge is -2.22. The second kappa shape index (κ2) is 5.50. The Morgan fingerprint density at radius 1 is 1.16 bits per heavy atom. The van der Waals surface area contributed by atoms with Crippen molar-refractivity contribution in [2.45, 2.75) is 13.1 Å². The maximum atomic E-state index is 12.9. The lowest BCUT2D eigenvalue weighted by atomic mass is 10.1. The van der Waals surface area contributed by atoms with Gasteiger partial charge in [0.25, 0.3) is 5.91 Å². The van der Waals surface area contributed by atoms with Crippen LogP contribution >= 0.6 is 0 Å². The molecule has 0 atom stereocenters. The molecule has 0 aliphatic rings. The first-order valence-electron chi connectivity index (χ1n) is 5.16. The summed E-state index contributed by atoms with van der Waals surface area (Å²) < 4.78 is 75.0. The van der Waals surface area contributed by atoms with Crippen LogP contribution in [0.3, 0.4) is 0 Å². The SMILES string of the molecule is CCN(CC(F)(F)F)C(=O)c1cc(F)c(F)c(F)c1. The van der Waals surface area contributed by atoms with E-state index < -0.39 is 41.6 Å². The van der Waals surface area contributed by atoms with Crippen LogP contribution < -0.4 is 0 Å². The van der Waals surface area contributed by atoms with Gasteiger partial charge in [-0.2, -0.15) is 13.2 Å². The predicted octanol–water partition coefficient (Wildman–Crippen LogP) is 3.13. The van der Waals surface area contributed by atoms with Crippen molar-refractivity contribution in [3.63, 3.8) is 0 Å². The van der Waals surface area contributed by atoms with E-state index in [0.29, 0.717) is 17.0 Å². The van der Waals surface area contributed by atoms with Crippen LogP contribution in [0, 0.1) is 17.5 Å². The summed E-state index contributed by atoms with van der Waals surface area (Å²) in [7, 11) is 0. The molecule has 19 heavy (non-hydrogen) atoms. The fourth-order valence-electron chi connectivity index (χ4n) is 1.41. The average Bonchev–Trinajstić information content (AvgIpc) is 2.30. The number of carbonyl (C=O) groups excluding carboxylic acids is 1. The van der Waals surface area contributed by atoms with Gasteiger partial charge < -0.3 is 4.90 Å². The topological polar surface area (TPSA) is 20.3 Å². The Bertz CT molecular complexity index is 462. The minimum Gasteiger partial charge on any atom is -0.330 e. The number of halogens is 6. The Labute approximate surface area is 104 Å². The van der Waals surface area contributed by atoms with Crippen molar-refractivity contribution in [3.8, 4) is 0 Å². The zero-order valence-electron chi connectivity index (χ0n) is 9.69. The van der Waals surface area contributed by atoms with E-state index in [-0.39, 0.29) is 6.54 Å². The summed E-state index contributed by atoms with van der Waals surface area (Å²) >= 11 is 0. The fraction of sp³-hybridized carbons (Fsp3) is 0.364. The van der Waals surface area contributed by atoms with E-state index in [9.17, 15) is 31.1 Å². The highest BCUT2D eigenvalue weighted by molar-refractivity contribution is 5.94. The highest BCUT2D eigenvalue weighted by atomic mass is 19.4. The third-order valence-corrected chi connectivity index (χ3v) is 2.27. The molecule has 0 aliphatic heterocycles. The van der Waals surface area contributed by atoms with Crippen molar-refractivity contribution in [3.05, 3.63) is 35.1 Å². The third-order valence-electron chi connectivity index (χ3n) is 2.27. The number of rotatable bonds is 3. The molecular weight excluding hydrogens is 276 g/mol. The van der Waals surface area contributed by atoms with Gasteiger partial charge in [0.1, 0.15) is 6.54 Å². The molecule has 1 amide bonds. The van der Waals surface area contributed by atoms with Crippen LogP contribution in [0.4, 0.5) is 26.3 Å². The van der Waals surface area contributed by atoms with Gasteiger partial charge in [0, 0.05) is 12.1 Å². The Morgan fingerprint density at radius 3 is 2.00 bits per heavy atom. The molecular formula is C11H9F6NO. The molecule has 0 heterocycles. The maximum Gasteiger partial charge on any atom is 0.406 e. The molecule has 1 aromatic rings. The van der Waals surface area contributed by atoms with Crippen LogP contribution in [0.2, 0.25) is 0 Å². The van der Waals surface area contributed by atoms with E-state index in [0.717, 1.165) is 0 Å². The summed E-state index contributed by atoms with van der Waals surface area (Å²) in [5, 5.41) is 0. The third kappa shape index (κ3) is 3.87. The van der Waals surface area contributed by atoms with Crippen molar-refractivity contribution in [1.29, 1.82) is 0 Å². The molecule has 0 N–H and O–H groups in total. The van der Waals surface area contributed by atoms with Gasteiger partial charge in [-0.15, -0.1) is 0 Å². The van der Waals surface area contributed by atoms with Crippen LogP contribution in [0.15, 0.2) is 12.1 Å². The Morgan fingerprint density at radius 2 is 1.63 bits per heavy atom. The monoisotopic (exact) mass is 285 g/mol.